The van der Waals surface area contributed by atoms with Gasteiger partial charge in [-0.1, -0.05) is 18.2 Å². The number of hydrogen-bond acceptors (Lipinski definition) is 1. The van der Waals surface area contributed by atoms with Crippen LogP contribution >= 0.6 is 0 Å². The molecule has 0 aromatic rings. The first-order chi connectivity index (χ1) is 3.93. The standard InChI is InChI=1S/C7H8O/c8-6-5-7-3-1-2-4-7/h1,3-4,6H,2,5H2. The molecule has 0 saturated carbocycles. The van der Waals surface area contributed by atoms with Crippen LogP contribution in [-0.4, -0.2) is 6.29 Å². The molecule has 0 aliphatic heterocycles. The summed E-state index contributed by atoms with van der Waals surface area (Å²) in [4.78, 5) is 9.89. The lowest BCUT2D eigenvalue weighted by Gasteiger charge is -1.83. The second kappa shape index (κ2) is 2.46. The van der Waals surface area contributed by atoms with E-state index in [1.54, 1.807) is 0 Å². The van der Waals surface area contributed by atoms with Crippen molar-refractivity contribution in [2.24, 2.45) is 0 Å². The topological polar surface area (TPSA) is 17.1 Å². The first-order valence-corrected chi connectivity index (χ1v) is 2.72. The maximum Gasteiger partial charge on any atom is 0.124 e. The minimum absolute atomic E-state index is 0.580. The van der Waals surface area contributed by atoms with Gasteiger partial charge in [0.15, 0.2) is 0 Å². The van der Waals surface area contributed by atoms with Gasteiger partial charge in [0.2, 0.25) is 0 Å². The molecular weight excluding hydrogens is 100 g/mol. The Labute approximate surface area is 48.7 Å². The molecule has 0 bridgehead atoms. The molecule has 0 amide bonds. The van der Waals surface area contributed by atoms with Crippen LogP contribution < -0.4 is 0 Å². The zero-order valence-corrected chi connectivity index (χ0v) is 4.63. The van der Waals surface area contributed by atoms with E-state index >= 15 is 0 Å². The van der Waals surface area contributed by atoms with Gasteiger partial charge in [-0.2, -0.15) is 0 Å². The third-order valence-electron chi connectivity index (χ3n) is 1.17. The van der Waals surface area contributed by atoms with E-state index in [4.69, 9.17) is 0 Å². The predicted molar refractivity (Wildman–Crippen MR) is 32.5 cm³/mol. The molecule has 0 atom stereocenters. The van der Waals surface area contributed by atoms with Crippen molar-refractivity contribution >= 4 is 6.29 Å². The lowest BCUT2D eigenvalue weighted by atomic mass is 10.2. The summed E-state index contributed by atoms with van der Waals surface area (Å²) in [6.07, 6.45) is 8.63. The van der Waals surface area contributed by atoms with Crippen LogP contribution in [0.3, 0.4) is 0 Å². The fourth-order valence-corrected chi connectivity index (χ4v) is 0.754. The van der Waals surface area contributed by atoms with E-state index < -0.39 is 0 Å². The van der Waals surface area contributed by atoms with Gasteiger partial charge >= 0.3 is 0 Å². The Hall–Kier alpha value is -0.850. The molecule has 1 aliphatic rings. The summed E-state index contributed by atoms with van der Waals surface area (Å²) in [6, 6.07) is 0. The Morgan fingerprint density at radius 2 is 2.62 bits per heavy atom. The molecule has 0 saturated heterocycles. The highest BCUT2D eigenvalue weighted by Gasteiger charge is 1.93. The van der Waals surface area contributed by atoms with Gasteiger partial charge in [-0.05, 0) is 12.0 Å². The SMILES string of the molecule is O=CCC1=CCC=C1. The van der Waals surface area contributed by atoms with Gasteiger partial charge in [0.05, 0.1) is 0 Å². The van der Waals surface area contributed by atoms with Crippen LogP contribution in [0, 0.1) is 0 Å². The summed E-state index contributed by atoms with van der Waals surface area (Å²) in [5.74, 6) is 0. The van der Waals surface area contributed by atoms with Gasteiger partial charge in [-0.15, -0.1) is 0 Å². The second-order valence-electron chi connectivity index (χ2n) is 1.79. The normalized spacial score (nSPS) is 16.2. The van der Waals surface area contributed by atoms with Crippen molar-refractivity contribution in [3.63, 3.8) is 0 Å². The number of aldehydes is 1. The summed E-state index contributed by atoms with van der Waals surface area (Å²) < 4.78 is 0. The van der Waals surface area contributed by atoms with E-state index in [9.17, 15) is 4.79 Å². The maximum absolute atomic E-state index is 9.89. The van der Waals surface area contributed by atoms with E-state index in [0.717, 1.165) is 18.3 Å². The van der Waals surface area contributed by atoms with Gasteiger partial charge < -0.3 is 4.79 Å². The number of hydrogen-bond donors (Lipinski definition) is 0. The van der Waals surface area contributed by atoms with Gasteiger partial charge in [-0.25, -0.2) is 0 Å². The molecule has 0 unspecified atom stereocenters. The molecule has 0 fully saturated rings. The Balaban J connectivity index is 2.45. The molecule has 0 heterocycles. The summed E-state index contributed by atoms with van der Waals surface area (Å²) in [5, 5.41) is 0. The smallest absolute Gasteiger partial charge is 0.124 e. The number of carbonyl (C=O) groups excluding carboxylic acids is 1. The highest BCUT2D eigenvalue weighted by Crippen LogP contribution is 2.09. The minimum atomic E-state index is 0.580. The van der Waals surface area contributed by atoms with Gasteiger partial charge in [-0.3, -0.25) is 0 Å². The fourth-order valence-electron chi connectivity index (χ4n) is 0.754. The monoisotopic (exact) mass is 108 g/mol. The molecule has 0 aromatic carbocycles. The summed E-state index contributed by atoms with van der Waals surface area (Å²) >= 11 is 0. The van der Waals surface area contributed by atoms with Crippen molar-refractivity contribution in [2.45, 2.75) is 12.8 Å². The molecule has 1 nitrogen and oxygen atoms in total. The number of allylic oxidation sites excluding steroid dienone is 4. The largest absolute Gasteiger partial charge is 0.303 e. The molecule has 42 valence electrons. The highest BCUT2D eigenvalue weighted by molar-refractivity contribution is 5.56. The Morgan fingerprint density at radius 3 is 3.12 bits per heavy atom. The molecular formula is C7H8O. The van der Waals surface area contributed by atoms with Gasteiger partial charge in [0, 0.05) is 6.42 Å². The lowest BCUT2D eigenvalue weighted by molar-refractivity contribution is -0.107. The zero-order valence-electron chi connectivity index (χ0n) is 4.63. The summed E-state index contributed by atoms with van der Waals surface area (Å²) in [6.45, 7) is 0. The van der Waals surface area contributed by atoms with Gasteiger partial charge in [0.1, 0.15) is 6.29 Å². The van der Waals surface area contributed by atoms with Gasteiger partial charge in [0.25, 0.3) is 0 Å². The van der Waals surface area contributed by atoms with Crippen molar-refractivity contribution in [1.82, 2.24) is 0 Å². The Morgan fingerprint density at radius 1 is 1.75 bits per heavy atom. The molecule has 0 aromatic heterocycles. The molecule has 0 N–H and O–H groups in total. The zero-order chi connectivity index (χ0) is 5.82. The van der Waals surface area contributed by atoms with E-state index in [1.165, 1.54) is 0 Å². The molecule has 8 heavy (non-hydrogen) atoms. The molecule has 1 aliphatic carbocycles. The van der Waals surface area contributed by atoms with Crippen LogP contribution in [0.15, 0.2) is 23.8 Å². The van der Waals surface area contributed by atoms with Crippen molar-refractivity contribution in [3.8, 4) is 0 Å². The molecule has 0 spiro atoms. The highest BCUT2D eigenvalue weighted by atomic mass is 16.1. The third kappa shape index (κ3) is 1.06. The Kier molecular flexibility index (Phi) is 1.62. The Bertz CT molecular complexity index is 142. The molecule has 1 rings (SSSR count). The van der Waals surface area contributed by atoms with E-state index in [0.29, 0.717) is 6.42 Å². The van der Waals surface area contributed by atoms with Crippen LogP contribution in [-0.2, 0) is 4.79 Å². The van der Waals surface area contributed by atoms with Crippen LogP contribution in [0.5, 0.6) is 0 Å². The van der Waals surface area contributed by atoms with E-state index in [1.807, 2.05) is 6.08 Å². The van der Waals surface area contributed by atoms with Crippen molar-refractivity contribution in [1.29, 1.82) is 0 Å². The molecule has 1 heteroatoms. The fraction of sp³-hybridized carbons (Fsp3) is 0.286. The maximum atomic E-state index is 9.89. The third-order valence-corrected chi connectivity index (χ3v) is 1.17. The van der Waals surface area contributed by atoms with E-state index in [-0.39, 0.29) is 0 Å². The summed E-state index contributed by atoms with van der Waals surface area (Å²) in [7, 11) is 0. The van der Waals surface area contributed by atoms with Crippen molar-refractivity contribution in [3.05, 3.63) is 23.8 Å². The first-order valence-electron chi connectivity index (χ1n) is 2.72. The van der Waals surface area contributed by atoms with Crippen LogP contribution in [0.4, 0.5) is 0 Å². The number of carbonyl (C=O) groups is 1. The quantitative estimate of drug-likeness (QED) is 0.489. The summed E-state index contributed by atoms with van der Waals surface area (Å²) in [5.41, 5.74) is 1.15. The lowest BCUT2D eigenvalue weighted by Crippen LogP contribution is -1.74. The van der Waals surface area contributed by atoms with Crippen molar-refractivity contribution in [2.75, 3.05) is 0 Å². The van der Waals surface area contributed by atoms with E-state index in [2.05, 4.69) is 12.2 Å². The van der Waals surface area contributed by atoms with Crippen LogP contribution in [0.1, 0.15) is 12.8 Å². The predicted octanol–water partition coefficient (Wildman–Crippen LogP) is 1.46. The average molecular weight is 108 g/mol. The average Bonchev–Trinajstić information content (AvgIpc) is 2.19. The second-order valence-corrected chi connectivity index (χ2v) is 1.79. The van der Waals surface area contributed by atoms with Crippen LogP contribution in [0.25, 0.3) is 0 Å². The molecule has 0 radical (unpaired) electrons. The minimum Gasteiger partial charge on any atom is -0.303 e. The number of rotatable bonds is 2. The van der Waals surface area contributed by atoms with Crippen LogP contribution in [0.2, 0.25) is 0 Å². The first kappa shape index (κ1) is 5.29. The van der Waals surface area contributed by atoms with Crippen molar-refractivity contribution < 1.29 is 4.79 Å².